The second-order valence-electron chi connectivity index (χ2n) is 4.04. The highest BCUT2D eigenvalue weighted by Crippen LogP contribution is 2.41. The van der Waals surface area contributed by atoms with Gasteiger partial charge in [0.05, 0.1) is 0 Å². The van der Waals surface area contributed by atoms with Gasteiger partial charge in [0.1, 0.15) is 5.60 Å². The number of thiophene rings is 1. The normalized spacial score (nSPS) is 15.6. The largest absolute Gasteiger partial charge is 0.345 e. The molecule has 92 valence electrons. The van der Waals surface area contributed by atoms with Crippen LogP contribution >= 0.6 is 18.9 Å². The Morgan fingerprint density at radius 2 is 2.19 bits per heavy atom. The predicted molar refractivity (Wildman–Crippen MR) is 78.6 cm³/mol. The average Bonchev–Trinajstić information content (AvgIpc) is 2.80. The van der Waals surface area contributed by atoms with Gasteiger partial charge >= 0.3 is 0 Å². The molecule has 0 aromatic carbocycles. The number of unbranched alkanes of at least 4 members (excludes halogenated alkanes) is 1. The second kappa shape index (κ2) is 7.60. The molecule has 2 atom stereocenters. The zero-order valence-corrected chi connectivity index (χ0v) is 12.9. The van der Waals surface area contributed by atoms with E-state index in [1.807, 2.05) is 0 Å². The molecule has 0 N–H and O–H groups in total. The Kier molecular flexibility index (Phi) is 6.83. The average molecular weight is 276 g/mol. The van der Waals surface area contributed by atoms with Crippen molar-refractivity contribution in [3.63, 3.8) is 0 Å². The molecule has 0 aliphatic heterocycles. The van der Waals surface area contributed by atoms with Crippen LogP contribution in [0, 0.1) is 0 Å². The molecule has 1 heterocycles. The summed E-state index contributed by atoms with van der Waals surface area (Å²) in [4.78, 5) is 1.36. The lowest BCUT2D eigenvalue weighted by atomic mass is 9.90. The van der Waals surface area contributed by atoms with Gasteiger partial charge in [-0.15, -0.1) is 11.3 Å². The number of rotatable bonds is 8. The first-order valence-electron chi connectivity index (χ1n) is 5.94. The fraction of sp³-hybridized carbons (Fsp3) is 0.667. The summed E-state index contributed by atoms with van der Waals surface area (Å²) >= 11 is 6.91. The first-order chi connectivity index (χ1) is 7.79. The van der Waals surface area contributed by atoms with E-state index in [1.54, 1.807) is 11.3 Å². The van der Waals surface area contributed by atoms with Crippen LogP contribution in [0.2, 0.25) is 0 Å². The van der Waals surface area contributed by atoms with Crippen molar-refractivity contribution >= 4 is 30.7 Å². The third kappa shape index (κ3) is 3.66. The number of hydrogen-bond donors (Lipinski definition) is 0. The summed E-state index contributed by atoms with van der Waals surface area (Å²) < 4.78 is 6.03. The summed E-state index contributed by atoms with van der Waals surface area (Å²) in [6.45, 7) is 4.45. The van der Waals surface area contributed by atoms with Crippen molar-refractivity contribution in [3.05, 3.63) is 22.4 Å². The Morgan fingerprint density at radius 3 is 2.69 bits per heavy atom. The van der Waals surface area contributed by atoms with Gasteiger partial charge in [0.2, 0.25) is 0 Å². The molecule has 0 amide bonds. The van der Waals surface area contributed by atoms with Crippen LogP contribution in [0.4, 0.5) is 0 Å². The molecule has 0 fully saturated rings. The Hall–Kier alpha value is 0.310. The summed E-state index contributed by atoms with van der Waals surface area (Å²) in [7, 11) is -0.306. The molecule has 4 heteroatoms. The fourth-order valence-corrected chi connectivity index (χ4v) is 4.16. The van der Waals surface area contributed by atoms with Crippen molar-refractivity contribution in [2.75, 3.05) is 0 Å². The molecule has 2 unspecified atom stereocenters. The zero-order valence-electron chi connectivity index (χ0n) is 10.1. The van der Waals surface area contributed by atoms with Gasteiger partial charge in [-0.05, 0) is 24.3 Å². The van der Waals surface area contributed by atoms with Crippen molar-refractivity contribution in [2.45, 2.75) is 51.6 Å². The molecule has 1 rings (SSSR count). The monoisotopic (exact) mass is 276 g/mol. The third-order valence-electron chi connectivity index (χ3n) is 2.83. The molecule has 1 aromatic heterocycles. The predicted octanol–water partition coefficient (Wildman–Crippen LogP) is 4.74. The topological polar surface area (TPSA) is 9.23 Å². The van der Waals surface area contributed by atoms with E-state index in [9.17, 15) is 0 Å². The first-order valence-corrected chi connectivity index (χ1v) is 9.18. The molecule has 0 bridgehead atoms. The Labute approximate surface area is 109 Å². The molecule has 0 saturated carbocycles. The van der Waals surface area contributed by atoms with Crippen LogP contribution in [0.15, 0.2) is 17.5 Å². The lowest BCUT2D eigenvalue weighted by Crippen LogP contribution is -2.25. The SMILES string of the molecule is CCCCC(CCC)(O[PH2]=S)c1cccs1. The second-order valence-corrected chi connectivity index (χ2v) is 5.99. The Morgan fingerprint density at radius 1 is 1.38 bits per heavy atom. The molecule has 0 radical (unpaired) electrons. The minimum Gasteiger partial charge on any atom is -0.345 e. The summed E-state index contributed by atoms with van der Waals surface area (Å²) in [5.74, 6) is 0. The Bertz CT molecular complexity index is 300. The highest BCUT2D eigenvalue weighted by Gasteiger charge is 2.32. The third-order valence-corrected chi connectivity index (χ3v) is 4.72. The minimum absolute atomic E-state index is 0.0734. The summed E-state index contributed by atoms with van der Waals surface area (Å²) in [5.41, 5.74) is -0.0734. The van der Waals surface area contributed by atoms with Crippen molar-refractivity contribution in [1.29, 1.82) is 0 Å². The van der Waals surface area contributed by atoms with Crippen molar-refractivity contribution < 1.29 is 4.52 Å². The van der Waals surface area contributed by atoms with Gasteiger partial charge in [0.25, 0.3) is 0 Å². The lowest BCUT2D eigenvalue weighted by molar-refractivity contribution is 0.0698. The van der Waals surface area contributed by atoms with Gasteiger partial charge in [-0.1, -0.05) is 51.0 Å². The number of hydrogen-bond acceptors (Lipinski definition) is 3. The van der Waals surface area contributed by atoms with Crippen LogP contribution in [-0.2, 0) is 21.9 Å². The van der Waals surface area contributed by atoms with E-state index >= 15 is 0 Å². The van der Waals surface area contributed by atoms with Gasteiger partial charge in [0, 0.05) is 12.5 Å². The van der Waals surface area contributed by atoms with Crippen LogP contribution in [0.1, 0.15) is 50.8 Å². The van der Waals surface area contributed by atoms with E-state index in [4.69, 9.17) is 16.3 Å². The van der Waals surface area contributed by atoms with Gasteiger partial charge in [0.15, 0.2) is 0 Å². The van der Waals surface area contributed by atoms with Crippen LogP contribution in [-0.4, -0.2) is 0 Å². The van der Waals surface area contributed by atoms with E-state index in [0.29, 0.717) is 0 Å². The first kappa shape index (κ1) is 14.4. The van der Waals surface area contributed by atoms with E-state index in [2.05, 4.69) is 31.4 Å². The molecule has 1 nitrogen and oxygen atoms in total. The smallest absolute Gasteiger partial charge is 0.107 e. The molecule has 16 heavy (non-hydrogen) atoms. The molecule has 0 aliphatic rings. The Balaban J connectivity index is 2.90. The molecule has 1 aromatic rings. The maximum Gasteiger partial charge on any atom is 0.107 e. The van der Waals surface area contributed by atoms with E-state index in [-0.39, 0.29) is 13.2 Å². The summed E-state index contributed by atoms with van der Waals surface area (Å²) in [5, 5.41) is 2.13. The summed E-state index contributed by atoms with van der Waals surface area (Å²) in [6, 6.07) is 4.30. The molecule has 0 aliphatic carbocycles. The fourth-order valence-electron chi connectivity index (χ4n) is 2.04. The van der Waals surface area contributed by atoms with Crippen LogP contribution in [0.5, 0.6) is 0 Å². The highest BCUT2D eigenvalue weighted by molar-refractivity contribution is 7.94. The maximum atomic E-state index is 6.03. The molecular formula is C12H21OPS2. The highest BCUT2D eigenvalue weighted by atomic mass is 32.4. The maximum absolute atomic E-state index is 6.03. The van der Waals surface area contributed by atoms with Crippen molar-refractivity contribution in [2.24, 2.45) is 0 Å². The summed E-state index contributed by atoms with van der Waals surface area (Å²) in [6.07, 6.45) is 5.79. The van der Waals surface area contributed by atoms with Gasteiger partial charge in [-0.25, -0.2) is 0 Å². The van der Waals surface area contributed by atoms with Gasteiger partial charge in [-0.2, -0.15) is 0 Å². The minimum atomic E-state index is -0.306. The van der Waals surface area contributed by atoms with Crippen LogP contribution in [0.3, 0.4) is 0 Å². The zero-order chi connectivity index (χ0) is 11.9. The van der Waals surface area contributed by atoms with Crippen LogP contribution in [0.25, 0.3) is 0 Å². The van der Waals surface area contributed by atoms with E-state index < -0.39 is 0 Å². The van der Waals surface area contributed by atoms with E-state index in [0.717, 1.165) is 19.3 Å². The lowest BCUT2D eigenvalue weighted by Gasteiger charge is -2.31. The van der Waals surface area contributed by atoms with Crippen molar-refractivity contribution in [1.82, 2.24) is 0 Å². The van der Waals surface area contributed by atoms with Gasteiger partial charge in [-0.3, -0.25) is 0 Å². The van der Waals surface area contributed by atoms with Gasteiger partial charge < -0.3 is 4.52 Å². The van der Waals surface area contributed by atoms with E-state index in [1.165, 1.54) is 17.7 Å². The molecule has 0 saturated heterocycles. The molecule has 0 spiro atoms. The standard InChI is InChI=1S/C12H21OPS2/c1-3-5-9-12(8-4-2,13-14-15)11-7-6-10-16-11/h6-7,10H,3-5,8-9,14H2,1-2H3. The molecular weight excluding hydrogens is 255 g/mol. The quantitative estimate of drug-likeness (QED) is 0.634. The van der Waals surface area contributed by atoms with Crippen molar-refractivity contribution in [3.8, 4) is 0 Å². The van der Waals surface area contributed by atoms with Crippen LogP contribution < -0.4 is 0 Å².